The van der Waals surface area contributed by atoms with Crippen LogP contribution in [0.2, 0.25) is 0 Å². The van der Waals surface area contributed by atoms with E-state index in [1.54, 1.807) is 0 Å². The number of benzene rings is 1. The van der Waals surface area contributed by atoms with Crippen LogP contribution in [0.1, 0.15) is 30.1 Å². The van der Waals surface area contributed by atoms with Crippen molar-refractivity contribution >= 4 is 11.9 Å². The average molecular weight is 579 g/mol. The smallest absolute Gasteiger partial charge is 0.490 e. The number of carboxylic acids is 2. The number of hydrogen-bond donors (Lipinski definition) is 3. The molecule has 0 radical (unpaired) electrons. The van der Waals surface area contributed by atoms with Gasteiger partial charge in [-0.2, -0.15) is 26.3 Å². The number of alkyl halides is 6. The van der Waals surface area contributed by atoms with E-state index in [4.69, 9.17) is 24.5 Å². The first-order valence-corrected chi connectivity index (χ1v) is 10.9. The van der Waals surface area contributed by atoms with Crippen molar-refractivity contribution in [3.05, 3.63) is 41.2 Å². The number of nitrogens with one attached hydrogen (secondary N) is 1. The molecule has 0 amide bonds. The molecule has 0 spiro atoms. The van der Waals surface area contributed by atoms with Gasteiger partial charge in [0.25, 0.3) is 0 Å². The highest BCUT2D eigenvalue weighted by atomic mass is 19.4. The van der Waals surface area contributed by atoms with E-state index in [1.807, 2.05) is 17.9 Å². The molecule has 220 valence electrons. The quantitative estimate of drug-likeness (QED) is 0.441. The lowest BCUT2D eigenvalue weighted by Gasteiger charge is -2.32. The molecule has 2 aromatic rings. The van der Waals surface area contributed by atoms with Crippen molar-refractivity contribution in [2.24, 2.45) is 0 Å². The van der Waals surface area contributed by atoms with Gasteiger partial charge in [0.05, 0.1) is 25.0 Å². The summed E-state index contributed by atoms with van der Waals surface area (Å²) in [4.78, 5) is 19.9. The molecule has 0 saturated carbocycles. The second-order valence-electron chi connectivity index (χ2n) is 7.88. The molecule has 1 saturated heterocycles. The molecule has 1 aromatic heterocycles. The summed E-state index contributed by atoms with van der Waals surface area (Å²) in [5.74, 6) is -6.80. The summed E-state index contributed by atoms with van der Waals surface area (Å²) in [5, 5.41) is 25.6. The number of nitrogens with zero attached hydrogens (tertiary/aromatic N) is 4. The lowest BCUT2D eigenvalue weighted by molar-refractivity contribution is -0.193. The second kappa shape index (κ2) is 14.6. The summed E-state index contributed by atoms with van der Waals surface area (Å²) in [7, 11) is 3.34. The number of aromatic nitrogens is 3. The van der Waals surface area contributed by atoms with Crippen LogP contribution in [0.5, 0.6) is 5.75 Å². The van der Waals surface area contributed by atoms with Gasteiger partial charge in [-0.3, -0.25) is 4.90 Å². The Kier molecular flexibility index (Phi) is 12.5. The van der Waals surface area contributed by atoms with Gasteiger partial charge in [-0.05, 0) is 32.0 Å². The van der Waals surface area contributed by atoms with E-state index in [0.29, 0.717) is 18.8 Å². The molecule has 3 N–H and O–H groups in total. The van der Waals surface area contributed by atoms with Gasteiger partial charge in [-0.15, -0.1) is 5.10 Å². The molecule has 0 unspecified atom stereocenters. The van der Waals surface area contributed by atoms with Crippen LogP contribution in [-0.4, -0.2) is 81.6 Å². The zero-order chi connectivity index (χ0) is 30.0. The fraction of sp³-hybridized carbons (Fsp3) is 0.524. The molecule has 1 aliphatic heterocycles. The molecular formula is C21H25F8N5O5. The fourth-order valence-electron chi connectivity index (χ4n) is 3.23. The Balaban J connectivity index is 0.000000449. The molecule has 0 bridgehead atoms. The molecule has 0 atom stereocenters. The van der Waals surface area contributed by atoms with Gasteiger partial charge < -0.3 is 20.3 Å². The lowest BCUT2D eigenvalue weighted by Crippen LogP contribution is -2.34. The number of methoxy groups -OCH3 is 1. The highest BCUT2D eigenvalue weighted by molar-refractivity contribution is 5.73. The van der Waals surface area contributed by atoms with E-state index in [-0.39, 0.29) is 11.6 Å². The summed E-state index contributed by atoms with van der Waals surface area (Å²) in [6.45, 7) is 2.59. The number of halogens is 8. The van der Waals surface area contributed by atoms with Crippen molar-refractivity contribution in [3.63, 3.8) is 0 Å². The van der Waals surface area contributed by atoms with Gasteiger partial charge in [0, 0.05) is 31.7 Å². The van der Waals surface area contributed by atoms with Crippen molar-refractivity contribution in [2.45, 2.75) is 44.3 Å². The predicted octanol–water partition coefficient (Wildman–Crippen LogP) is 3.39. The van der Waals surface area contributed by atoms with Crippen LogP contribution in [0.25, 0.3) is 0 Å². The van der Waals surface area contributed by atoms with Gasteiger partial charge >= 0.3 is 24.3 Å². The third-order valence-electron chi connectivity index (χ3n) is 5.09. The van der Waals surface area contributed by atoms with Crippen LogP contribution >= 0.6 is 0 Å². The van der Waals surface area contributed by atoms with Gasteiger partial charge in [0.1, 0.15) is 5.75 Å². The first-order valence-electron chi connectivity index (χ1n) is 10.9. The topological polar surface area (TPSA) is 130 Å². The first-order chi connectivity index (χ1) is 18.0. The monoisotopic (exact) mass is 579 g/mol. The highest BCUT2D eigenvalue weighted by Gasteiger charge is 2.38. The number of rotatable bonds is 6. The minimum atomic E-state index is -5.08. The van der Waals surface area contributed by atoms with Crippen LogP contribution in [0, 0.1) is 11.6 Å². The van der Waals surface area contributed by atoms with Crippen LogP contribution in [0.3, 0.4) is 0 Å². The number of hydrogen-bond acceptors (Lipinski definition) is 7. The van der Waals surface area contributed by atoms with Crippen molar-refractivity contribution in [1.82, 2.24) is 25.2 Å². The van der Waals surface area contributed by atoms with Crippen molar-refractivity contribution in [3.8, 4) is 5.75 Å². The van der Waals surface area contributed by atoms with E-state index in [9.17, 15) is 35.1 Å². The third kappa shape index (κ3) is 11.0. The summed E-state index contributed by atoms with van der Waals surface area (Å²) < 4.78 is 98.2. The number of piperidine rings is 1. The maximum Gasteiger partial charge on any atom is 0.490 e. The number of carbonyl (C=O) groups is 2. The number of aliphatic carboxylic acids is 2. The lowest BCUT2D eigenvalue weighted by atomic mass is 10.0. The Morgan fingerprint density at radius 3 is 2.00 bits per heavy atom. The molecule has 10 nitrogen and oxygen atoms in total. The van der Waals surface area contributed by atoms with E-state index < -0.39 is 35.9 Å². The molecule has 1 fully saturated rings. The third-order valence-corrected chi connectivity index (χ3v) is 5.09. The highest BCUT2D eigenvalue weighted by Crippen LogP contribution is 2.28. The van der Waals surface area contributed by atoms with Gasteiger partial charge in [0.2, 0.25) is 0 Å². The number of carboxylic acid groups (broad SMARTS) is 2. The van der Waals surface area contributed by atoms with E-state index in [0.717, 1.165) is 37.7 Å². The van der Waals surface area contributed by atoms with E-state index in [1.165, 1.54) is 13.2 Å². The van der Waals surface area contributed by atoms with Crippen LogP contribution < -0.4 is 10.1 Å². The van der Waals surface area contributed by atoms with E-state index in [2.05, 4.69) is 20.5 Å². The Labute approximate surface area is 216 Å². The van der Waals surface area contributed by atoms with Crippen LogP contribution in [0.15, 0.2) is 18.3 Å². The van der Waals surface area contributed by atoms with Crippen LogP contribution in [0.4, 0.5) is 35.1 Å². The fourth-order valence-corrected chi connectivity index (χ4v) is 3.23. The molecule has 39 heavy (non-hydrogen) atoms. The van der Waals surface area contributed by atoms with Gasteiger partial charge in [-0.1, -0.05) is 5.21 Å². The maximum atomic E-state index is 14.1. The Hall–Kier alpha value is -3.54. The summed E-state index contributed by atoms with van der Waals surface area (Å²) in [6.07, 6.45) is -6.42. The molecule has 0 aliphatic carbocycles. The minimum absolute atomic E-state index is 0.276. The molecule has 1 aromatic carbocycles. The Bertz CT molecular complexity index is 1060. The minimum Gasteiger partial charge on any atom is -0.496 e. The number of ether oxygens (including phenoxy) is 1. The van der Waals surface area contributed by atoms with Crippen molar-refractivity contribution < 1.29 is 59.7 Å². The van der Waals surface area contributed by atoms with E-state index >= 15 is 0 Å². The van der Waals surface area contributed by atoms with Crippen LogP contribution in [-0.2, 0) is 22.7 Å². The Morgan fingerprint density at radius 1 is 1.05 bits per heavy atom. The first kappa shape index (κ1) is 33.5. The zero-order valence-corrected chi connectivity index (χ0v) is 20.5. The number of likely N-dealkylation sites (tertiary alicyclic amines) is 1. The SMILES string of the molecule is CNCc1cn(C2CCN(Cc3c(OC)ccc(F)c3F)CC2)nn1.O=C(O)C(F)(F)F.O=C(O)C(F)(F)F. The summed E-state index contributed by atoms with van der Waals surface area (Å²) >= 11 is 0. The molecule has 2 heterocycles. The van der Waals surface area contributed by atoms with Crippen molar-refractivity contribution in [1.29, 1.82) is 0 Å². The normalized spacial score (nSPS) is 14.5. The van der Waals surface area contributed by atoms with Gasteiger partial charge in [-0.25, -0.2) is 23.1 Å². The molecule has 1 aliphatic rings. The molecule has 18 heteroatoms. The molecular weight excluding hydrogens is 554 g/mol. The largest absolute Gasteiger partial charge is 0.496 e. The predicted molar refractivity (Wildman–Crippen MR) is 117 cm³/mol. The second-order valence-corrected chi connectivity index (χ2v) is 7.88. The standard InChI is InChI=1S/C17H23F2N5O.2C2HF3O2/c1-20-9-12-10-24(22-21-12)13-5-7-23(8-6-13)11-14-16(25-2)4-3-15(18)17(14)19;2*3-2(4,5)1(6)7/h3-4,10,13,20H,5-9,11H2,1-2H3;2*(H,6,7). The average Bonchev–Trinajstić information content (AvgIpc) is 3.31. The van der Waals surface area contributed by atoms with Gasteiger partial charge in [0.15, 0.2) is 11.6 Å². The summed E-state index contributed by atoms with van der Waals surface area (Å²) in [6, 6.07) is 2.85. The molecule has 3 rings (SSSR count). The summed E-state index contributed by atoms with van der Waals surface area (Å²) in [5.41, 5.74) is 1.19. The zero-order valence-electron chi connectivity index (χ0n) is 20.5. The maximum absolute atomic E-state index is 14.1. The Morgan fingerprint density at radius 2 is 1.56 bits per heavy atom. The van der Waals surface area contributed by atoms with Crippen molar-refractivity contribution in [2.75, 3.05) is 27.2 Å².